The van der Waals surface area contributed by atoms with Crippen molar-refractivity contribution in [2.24, 2.45) is 5.73 Å². The molecule has 3 heteroatoms. The number of fused-ring (bicyclic) bond motifs is 1. The molecular weight excluding hydrogens is 238 g/mol. The van der Waals surface area contributed by atoms with Crippen molar-refractivity contribution in [1.82, 2.24) is 0 Å². The first kappa shape index (κ1) is 13.4. The molecule has 2 rings (SSSR count). The van der Waals surface area contributed by atoms with Crippen molar-refractivity contribution >= 4 is 16.7 Å². The molecule has 0 saturated carbocycles. The molecule has 1 atom stereocenters. The van der Waals surface area contributed by atoms with Crippen LogP contribution >= 0.6 is 0 Å². The Kier molecular flexibility index (Phi) is 4.05. The highest BCUT2D eigenvalue weighted by molar-refractivity contribution is 5.88. The van der Waals surface area contributed by atoms with Gasteiger partial charge in [0.2, 0.25) is 5.91 Å². The zero-order chi connectivity index (χ0) is 13.8. The fourth-order valence-electron chi connectivity index (χ4n) is 2.48. The molecule has 19 heavy (non-hydrogen) atoms. The summed E-state index contributed by atoms with van der Waals surface area (Å²) in [6.07, 6.45) is 1.27. The molecular formula is C16H19NO2. The number of benzene rings is 2. The van der Waals surface area contributed by atoms with E-state index in [1.54, 1.807) is 7.11 Å². The molecule has 3 nitrogen and oxygen atoms in total. The van der Waals surface area contributed by atoms with Crippen molar-refractivity contribution in [3.63, 3.8) is 0 Å². The van der Waals surface area contributed by atoms with Crippen LogP contribution < -0.4 is 10.5 Å². The van der Waals surface area contributed by atoms with Gasteiger partial charge in [-0.05, 0) is 40.8 Å². The van der Waals surface area contributed by atoms with Gasteiger partial charge in [0.15, 0.2) is 0 Å². The van der Waals surface area contributed by atoms with E-state index in [0.29, 0.717) is 6.42 Å². The first-order valence-electron chi connectivity index (χ1n) is 6.50. The van der Waals surface area contributed by atoms with Gasteiger partial charge in [0.05, 0.1) is 7.11 Å². The van der Waals surface area contributed by atoms with Crippen molar-refractivity contribution in [2.75, 3.05) is 7.11 Å². The summed E-state index contributed by atoms with van der Waals surface area (Å²) in [5.41, 5.74) is 6.51. The normalized spacial score (nSPS) is 12.3. The minimum absolute atomic E-state index is 0.160. The summed E-state index contributed by atoms with van der Waals surface area (Å²) in [7, 11) is 1.66. The monoisotopic (exact) mass is 257 g/mol. The number of hydrogen-bond donors (Lipinski definition) is 1. The van der Waals surface area contributed by atoms with Crippen molar-refractivity contribution in [3.05, 3.63) is 42.0 Å². The minimum atomic E-state index is -0.258. The van der Waals surface area contributed by atoms with E-state index in [-0.39, 0.29) is 11.8 Å². The van der Waals surface area contributed by atoms with Gasteiger partial charge in [-0.1, -0.05) is 31.2 Å². The average Bonchev–Trinajstić information content (AvgIpc) is 2.43. The summed E-state index contributed by atoms with van der Waals surface area (Å²) in [6, 6.07) is 12.2. The second kappa shape index (κ2) is 5.74. The number of rotatable bonds is 5. The lowest BCUT2D eigenvalue weighted by molar-refractivity contribution is -0.118. The van der Waals surface area contributed by atoms with Crippen LogP contribution in [0.4, 0.5) is 0 Å². The van der Waals surface area contributed by atoms with Crippen molar-refractivity contribution in [1.29, 1.82) is 0 Å². The Morgan fingerprint density at radius 2 is 2.11 bits per heavy atom. The second-order valence-electron chi connectivity index (χ2n) is 4.71. The highest BCUT2D eigenvalue weighted by Crippen LogP contribution is 2.32. The Balaban J connectivity index is 2.54. The number of primary amides is 1. The number of carbonyl (C=O) groups excluding carboxylic acids is 1. The fourth-order valence-corrected chi connectivity index (χ4v) is 2.48. The highest BCUT2D eigenvalue weighted by Gasteiger charge is 2.15. The number of methoxy groups -OCH3 is 1. The first-order valence-corrected chi connectivity index (χ1v) is 6.50. The largest absolute Gasteiger partial charge is 0.497 e. The molecule has 0 heterocycles. The van der Waals surface area contributed by atoms with Crippen LogP contribution in [0.15, 0.2) is 36.4 Å². The van der Waals surface area contributed by atoms with Crippen LogP contribution in [0, 0.1) is 0 Å². The number of ether oxygens (including phenoxy) is 1. The molecule has 0 aliphatic carbocycles. The van der Waals surface area contributed by atoms with Gasteiger partial charge in [-0.25, -0.2) is 0 Å². The molecule has 0 spiro atoms. The summed E-state index contributed by atoms with van der Waals surface area (Å²) >= 11 is 0. The molecule has 0 aromatic heterocycles. The maximum atomic E-state index is 11.2. The molecule has 2 aromatic rings. The molecule has 0 fully saturated rings. The maximum absolute atomic E-state index is 11.2. The van der Waals surface area contributed by atoms with Gasteiger partial charge in [0.25, 0.3) is 0 Å². The van der Waals surface area contributed by atoms with E-state index in [4.69, 9.17) is 10.5 Å². The SMILES string of the molecule is CCC(CC(N)=O)c1cccc2ccc(OC)cc12. The fraction of sp³-hybridized carbons (Fsp3) is 0.312. The third kappa shape index (κ3) is 2.87. The summed E-state index contributed by atoms with van der Waals surface area (Å²) in [4.78, 5) is 11.2. The van der Waals surface area contributed by atoms with Gasteiger partial charge < -0.3 is 10.5 Å². The first-order chi connectivity index (χ1) is 9.15. The zero-order valence-corrected chi connectivity index (χ0v) is 11.3. The van der Waals surface area contributed by atoms with Crippen LogP contribution in [0.2, 0.25) is 0 Å². The number of nitrogens with two attached hydrogens (primary N) is 1. The molecule has 0 bridgehead atoms. The third-order valence-electron chi connectivity index (χ3n) is 3.50. The predicted molar refractivity (Wildman–Crippen MR) is 77.3 cm³/mol. The average molecular weight is 257 g/mol. The number of hydrogen-bond acceptors (Lipinski definition) is 2. The molecule has 0 saturated heterocycles. The van der Waals surface area contributed by atoms with E-state index in [9.17, 15) is 4.79 Å². The molecule has 100 valence electrons. The molecule has 1 amide bonds. The van der Waals surface area contributed by atoms with Gasteiger partial charge in [0, 0.05) is 6.42 Å². The molecule has 2 aromatic carbocycles. The van der Waals surface area contributed by atoms with Crippen LogP contribution in [0.3, 0.4) is 0 Å². The third-order valence-corrected chi connectivity index (χ3v) is 3.50. The van der Waals surface area contributed by atoms with E-state index in [1.165, 1.54) is 0 Å². The van der Waals surface area contributed by atoms with Crippen LogP contribution in [0.5, 0.6) is 5.75 Å². The minimum Gasteiger partial charge on any atom is -0.497 e. The van der Waals surface area contributed by atoms with Crippen LogP contribution in [0.1, 0.15) is 31.2 Å². The summed E-state index contributed by atoms with van der Waals surface area (Å²) in [5.74, 6) is 0.730. The van der Waals surface area contributed by atoms with Gasteiger partial charge in [-0.15, -0.1) is 0 Å². The van der Waals surface area contributed by atoms with Gasteiger partial charge in [-0.2, -0.15) is 0 Å². The van der Waals surface area contributed by atoms with E-state index < -0.39 is 0 Å². The van der Waals surface area contributed by atoms with Crippen molar-refractivity contribution < 1.29 is 9.53 Å². The standard InChI is InChI=1S/C16H19NO2/c1-3-11(9-16(17)18)14-6-4-5-12-7-8-13(19-2)10-15(12)14/h4-8,10-11H,3,9H2,1-2H3,(H2,17,18). The molecule has 0 radical (unpaired) electrons. The van der Waals surface area contributed by atoms with Crippen LogP contribution in [-0.2, 0) is 4.79 Å². The smallest absolute Gasteiger partial charge is 0.218 e. The number of amides is 1. The Bertz CT molecular complexity index is 592. The Labute approximate surface area is 113 Å². The second-order valence-corrected chi connectivity index (χ2v) is 4.71. The van der Waals surface area contributed by atoms with Crippen molar-refractivity contribution in [3.8, 4) is 5.75 Å². The van der Waals surface area contributed by atoms with E-state index >= 15 is 0 Å². The molecule has 1 unspecified atom stereocenters. The number of carbonyl (C=O) groups is 1. The maximum Gasteiger partial charge on any atom is 0.218 e. The van der Waals surface area contributed by atoms with E-state index in [1.807, 2.05) is 24.3 Å². The Morgan fingerprint density at radius 1 is 1.32 bits per heavy atom. The van der Waals surface area contributed by atoms with Crippen molar-refractivity contribution in [2.45, 2.75) is 25.7 Å². The van der Waals surface area contributed by atoms with Gasteiger partial charge in [0.1, 0.15) is 5.75 Å². The lowest BCUT2D eigenvalue weighted by Crippen LogP contribution is -2.15. The highest BCUT2D eigenvalue weighted by atomic mass is 16.5. The molecule has 0 aliphatic heterocycles. The Hall–Kier alpha value is -2.03. The predicted octanol–water partition coefficient (Wildman–Crippen LogP) is 3.22. The molecule has 2 N–H and O–H groups in total. The van der Waals surface area contributed by atoms with Crippen LogP contribution in [-0.4, -0.2) is 13.0 Å². The van der Waals surface area contributed by atoms with Gasteiger partial charge >= 0.3 is 0 Å². The summed E-state index contributed by atoms with van der Waals surface area (Å²) in [6.45, 7) is 2.08. The zero-order valence-electron chi connectivity index (χ0n) is 11.3. The summed E-state index contributed by atoms with van der Waals surface area (Å²) in [5, 5.41) is 2.29. The van der Waals surface area contributed by atoms with Gasteiger partial charge in [-0.3, -0.25) is 4.79 Å². The quantitative estimate of drug-likeness (QED) is 0.894. The van der Waals surface area contributed by atoms with E-state index in [2.05, 4.69) is 19.1 Å². The lowest BCUT2D eigenvalue weighted by Gasteiger charge is -2.16. The summed E-state index contributed by atoms with van der Waals surface area (Å²) < 4.78 is 5.28. The Morgan fingerprint density at radius 3 is 2.74 bits per heavy atom. The van der Waals surface area contributed by atoms with E-state index in [0.717, 1.165) is 28.5 Å². The lowest BCUT2D eigenvalue weighted by atomic mass is 9.89. The van der Waals surface area contributed by atoms with Crippen LogP contribution in [0.25, 0.3) is 10.8 Å². The molecule has 0 aliphatic rings. The topological polar surface area (TPSA) is 52.3 Å².